The molecule has 0 radical (unpaired) electrons. The number of hydrogen-bond acceptors (Lipinski definition) is 2. The Morgan fingerprint density at radius 2 is 2.05 bits per heavy atom. The van der Waals surface area contributed by atoms with Gasteiger partial charge in [-0.15, -0.1) is 0 Å². The first kappa shape index (κ1) is 13.6. The number of aryl methyl sites for hydroxylation is 1. The molecule has 1 aromatic carbocycles. The van der Waals surface area contributed by atoms with E-state index in [1.165, 1.54) is 43.2 Å². The predicted octanol–water partition coefficient (Wildman–Crippen LogP) is 3.01. The topological polar surface area (TPSA) is 32.3 Å². The maximum absolute atomic E-state index is 12.2. The lowest BCUT2D eigenvalue weighted by molar-refractivity contribution is -0.128. The molecule has 20 heavy (non-hydrogen) atoms. The van der Waals surface area contributed by atoms with Crippen LogP contribution in [0.5, 0.6) is 0 Å². The van der Waals surface area contributed by atoms with Crippen LogP contribution in [0.15, 0.2) is 24.3 Å². The molecular formula is C17H24N2O. The van der Waals surface area contributed by atoms with Crippen molar-refractivity contribution in [3.8, 4) is 0 Å². The average Bonchev–Trinajstić information content (AvgIpc) is 2.82. The van der Waals surface area contributed by atoms with Gasteiger partial charge in [-0.2, -0.15) is 0 Å². The van der Waals surface area contributed by atoms with Gasteiger partial charge in [0.15, 0.2) is 0 Å². The number of rotatable bonds is 3. The Hall–Kier alpha value is -1.35. The Morgan fingerprint density at radius 1 is 1.25 bits per heavy atom. The minimum absolute atomic E-state index is 0.0735. The number of nitrogens with zero attached hydrogens (tertiary/aromatic N) is 1. The Bertz CT molecular complexity index is 480. The van der Waals surface area contributed by atoms with E-state index >= 15 is 0 Å². The quantitative estimate of drug-likeness (QED) is 0.917. The highest BCUT2D eigenvalue weighted by Crippen LogP contribution is 2.29. The summed E-state index contributed by atoms with van der Waals surface area (Å²) < 4.78 is 0. The van der Waals surface area contributed by atoms with Crippen LogP contribution in [0.3, 0.4) is 0 Å². The molecule has 1 unspecified atom stereocenters. The van der Waals surface area contributed by atoms with E-state index in [4.69, 9.17) is 0 Å². The van der Waals surface area contributed by atoms with Crippen LogP contribution in [0.4, 0.5) is 0 Å². The Labute approximate surface area is 121 Å². The summed E-state index contributed by atoms with van der Waals surface area (Å²) in [5, 5.41) is 3.37. The van der Waals surface area contributed by atoms with Gasteiger partial charge in [0.1, 0.15) is 6.17 Å². The molecule has 1 N–H and O–H groups in total. The van der Waals surface area contributed by atoms with Crippen LogP contribution in [0.1, 0.15) is 49.4 Å². The standard InChI is InChI=1S/C17H24N2O/c1-13-6-5-9-15(10-13)17-18-11-16(20)19(17)12-14-7-3-2-4-8-14/h5-6,9-10,14,17-18H,2-4,7-8,11-12H2,1H3. The number of amides is 1. The lowest BCUT2D eigenvalue weighted by atomic mass is 9.89. The lowest BCUT2D eigenvalue weighted by Gasteiger charge is -2.31. The van der Waals surface area contributed by atoms with E-state index < -0.39 is 0 Å². The minimum atomic E-state index is 0.0735. The molecule has 1 heterocycles. The Morgan fingerprint density at radius 3 is 2.80 bits per heavy atom. The van der Waals surface area contributed by atoms with Crippen LogP contribution in [0.25, 0.3) is 0 Å². The second kappa shape index (κ2) is 5.96. The molecule has 1 saturated heterocycles. The number of benzene rings is 1. The van der Waals surface area contributed by atoms with E-state index in [2.05, 4.69) is 41.4 Å². The summed E-state index contributed by atoms with van der Waals surface area (Å²) in [6.07, 6.45) is 6.66. The highest BCUT2D eigenvalue weighted by molar-refractivity contribution is 5.81. The lowest BCUT2D eigenvalue weighted by Crippen LogP contribution is -2.35. The van der Waals surface area contributed by atoms with Crippen LogP contribution in [-0.4, -0.2) is 23.9 Å². The number of hydrogen-bond donors (Lipinski definition) is 1. The molecule has 3 heteroatoms. The summed E-state index contributed by atoms with van der Waals surface area (Å²) in [5.74, 6) is 0.946. The normalized spacial score (nSPS) is 24.4. The first-order chi connectivity index (χ1) is 9.74. The highest BCUT2D eigenvalue weighted by Gasteiger charge is 2.33. The van der Waals surface area contributed by atoms with Crippen molar-refractivity contribution in [3.05, 3.63) is 35.4 Å². The van der Waals surface area contributed by atoms with Gasteiger partial charge in [0.05, 0.1) is 6.54 Å². The zero-order chi connectivity index (χ0) is 13.9. The highest BCUT2D eigenvalue weighted by atomic mass is 16.2. The molecular weight excluding hydrogens is 248 g/mol. The van der Waals surface area contributed by atoms with Gasteiger partial charge < -0.3 is 4.90 Å². The fourth-order valence-electron chi connectivity index (χ4n) is 3.53. The van der Waals surface area contributed by atoms with Gasteiger partial charge in [-0.1, -0.05) is 49.1 Å². The van der Waals surface area contributed by atoms with Crippen molar-refractivity contribution in [1.82, 2.24) is 10.2 Å². The van der Waals surface area contributed by atoms with Gasteiger partial charge in [0.25, 0.3) is 0 Å². The smallest absolute Gasteiger partial charge is 0.238 e. The van der Waals surface area contributed by atoms with Crippen molar-refractivity contribution in [2.45, 2.75) is 45.2 Å². The Kier molecular flexibility index (Phi) is 4.06. The zero-order valence-corrected chi connectivity index (χ0v) is 12.3. The van der Waals surface area contributed by atoms with Crippen LogP contribution in [0, 0.1) is 12.8 Å². The van der Waals surface area contributed by atoms with Gasteiger partial charge in [-0.3, -0.25) is 10.1 Å². The Balaban J connectivity index is 1.74. The molecule has 1 amide bonds. The summed E-state index contributed by atoms with van der Waals surface area (Å²) >= 11 is 0. The first-order valence-electron chi connectivity index (χ1n) is 7.83. The van der Waals surface area contributed by atoms with Crippen molar-refractivity contribution >= 4 is 5.91 Å². The largest absolute Gasteiger partial charge is 0.322 e. The fourth-order valence-corrected chi connectivity index (χ4v) is 3.53. The third kappa shape index (κ3) is 2.88. The monoisotopic (exact) mass is 272 g/mol. The first-order valence-corrected chi connectivity index (χ1v) is 7.83. The van der Waals surface area contributed by atoms with E-state index in [-0.39, 0.29) is 12.1 Å². The third-order valence-electron chi connectivity index (χ3n) is 4.62. The van der Waals surface area contributed by atoms with E-state index in [0.717, 1.165) is 6.54 Å². The summed E-state index contributed by atoms with van der Waals surface area (Å²) in [7, 11) is 0. The van der Waals surface area contributed by atoms with Gasteiger partial charge in [0.2, 0.25) is 5.91 Å². The summed E-state index contributed by atoms with van der Waals surface area (Å²) in [5.41, 5.74) is 2.47. The SMILES string of the molecule is Cc1cccc(C2NCC(=O)N2CC2CCCCC2)c1. The second-order valence-corrected chi connectivity index (χ2v) is 6.25. The molecule has 2 fully saturated rings. The van der Waals surface area contributed by atoms with Gasteiger partial charge >= 0.3 is 0 Å². The number of carbonyl (C=O) groups excluding carboxylic acids is 1. The second-order valence-electron chi connectivity index (χ2n) is 6.25. The van der Waals surface area contributed by atoms with Gasteiger partial charge in [0, 0.05) is 6.54 Å². The molecule has 108 valence electrons. The maximum Gasteiger partial charge on any atom is 0.238 e. The molecule has 1 saturated carbocycles. The van der Waals surface area contributed by atoms with Crippen LogP contribution in [0.2, 0.25) is 0 Å². The maximum atomic E-state index is 12.2. The number of carbonyl (C=O) groups is 1. The van der Waals surface area contributed by atoms with Crippen molar-refractivity contribution in [1.29, 1.82) is 0 Å². The van der Waals surface area contributed by atoms with Crippen LogP contribution in [-0.2, 0) is 4.79 Å². The van der Waals surface area contributed by atoms with Gasteiger partial charge in [-0.05, 0) is 31.2 Å². The summed E-state index contributed by atoms with van der Waals surface area (Å²) in [6.45, 7) is 3.50. The van der Waals surface area contributed by atoms with Crippen LogP contribution < -0.4 is 5.32 Å². The van der Waals surface area contributed by atoms with E-state index in [1.807, 2.05) is 0 Å². The minimum Gasteiger partial charge on any atom is -0.322 e. The third-order valence-corrected chi connectivity index (χ3v) is 4.62. The van der Waals surface area contributed by atoms with E-state index in [1.54, 1.807) is 0 Å². The molecule has 0 spiro atoms. The zero-order valence-electron chi connectivity index (χ0n) is 12.3. The summed E-state index contributed by atoms with van der Waals surface area (Å²) in [4.78, 5) is 14.2. The average molecular weight is 272 g/mol. The molecule has 3 rings (SSSR count). The molecule has 1 atom stereocenters. The molecule has 1 aromatic rings. The van der Waals surface area contributed by atoms with E-state index in [0.29, 0.717) is 12.5 Å². The molecule has 2 aliphatic rings. The van der Waals surface area contributed by atoms with E-state index in [9.17, 15) is 4.79 Å². The van der Waals surface area contributed by atoms with Crippen molar-refractivity contribution < 1.29 is 4.79 Å². The fraction of sp³-hybridized carbons (Fsp3) is 0.588. The molecule has 1 aliphatic heterocycles. The number of nitrogens with one attached hydrogen (secondary N) is 1. The van der Waals surface area contributed by atoms with Crippen molar-refractivity contribution in [3.63, 3.8) is 0 Å². The van der Waals surface area contributed by atoms with Crippen molar-refractivity contribution in [2.75, 3.05) is 13.1 Å². The molecule has 0 aromatic heterocycles. The van der Waals surface area contributed by atoms with Crippen molar-refractivity contribution in [2.24, 2.45) is 5.92 Å². The molecule has 3 nitrogen and oxygen atoms in total. The van der Waals surface area contributed by atoms with Gasteiger partial charge in [-0.25, -0.2) is 0 Å². The molecule has 0 bridgehead atoms. The van der Waals surface area contributed by atoms with Crippen LogP contribution >= 0.6 is 0 Å². The predicted molar refractivity (Wildman–Crippen MR) is 80.2 cm³/mol. The molecule has 1 aliphatic carbocycles. The summed E-state index contributed by atoms with van der Waals surface area (Å²) in [6, 6.07) is 8.49.